The van der Waals surface area contributed by atoms with Crippen molar-refractivity contribution in [2.45, 2.75) is 20.3 Å². The SMILES string of the molecule is CC(C)Cc1ccc(O)c(/N=C/N)n1. The molecule has 0 radical (unpaired) electrons. The average molecular weight is 193 g/mol. The van der Waals surface area contributed by atoms with Gasteiger partial charge in [-0.25, -0.2) is 9.98 Å². The summed E-state index contributed by atoms with van der Waals surface area (Å²) in [6.45, 7) is 4.22. The topological polar surface area (TPSA) is 71.5 Å². The molecule has 0 atom stereocenters. The van der Waals surface area contributed by atoms with Crippen molar-refractivity contribution >= 4 is 12.2 Å². The molecular weight excluding hydrogens is 178 g/mol. The Morgan fingerprint density at radius 1 is 1.57 bits per heavy atom. The summed E-state index contributed by atoms with van der Waals surface area (Å²) >= 11 is 0. The van der Waals surface area contributed by atoms with Gasteiger partial charge in [-0.05, 0) is 24.5 Å². The molecule has 0 spiro atoms. The molecule has 0 saturated carbocycles. The largest absolute Gasteiger partial charge is 0.504 e. The van der Waals surface area contributed by atoms with E-state index in [1.807, 2.05) is 0 Å². The third-order valence-electron chi connectivity index (χ3n) is 1.73. The third kappa shape index (κ3) is 2.73. The van der Waals surface area contributed by atoms with Gasteiger partial charge < -0.3 is 10.8 Å². The second kappa shape index (κ2) is 4.60. The van der Waals surface area contributed by atoms with Gasteiger partial charge in [0.05, 0.1) is 6.34 Å². The first-order chi connectivity index (χ1) is 6.63. The summed E-state index contributed by atoms with van der Waals surface area (Å²) in [5, 5.41) is 9.37. The molecule has 0 aliphatic rings. The van der Waals surface area contributed by atoms with Crippen molar-refractivity contribution in [2.24, 2.45) is 16.6 Å². The maximum atomic E-state index is 9.37. The van der Waals surface area contributed by atoms with E-state index in [4.69, 9.17) is 5.73 Å². The van der Waals surface area contributed by atoms with Crippen LogP contribution in [0.25, 0.3) is 0 Å². The van der Waals surface area contributed by atoms with E-state index in [0.29, 0.717) is 5.92 Å². The van der Waals surface area contributed by atoms with E-state index in [9.17, 15) is 5.11 Å². The van der Waals surface area contributed by atoms with Gasteiger partial charge >= 0.3 is 0 Å². The van der Waals surface area contributed by atoms with Crippen LogP contribution in [0.5, 0.6) is 5.75 Å². The molecule has 3 N–H and O–H groups in total. The Kier molecular flexibility index (Phi) is 3.45. The zero-order valence-corrected chi connectivity index (χ0v) is 8.44. The molecule has 0 unspecified atom stereocenters. The van der Waals surface area contributed by atoms with Crippen molar-refractivity contribution in [1.82, 2.24) is 4.98 Å². The first kappa shape index (κ1) is 10.5. The van der Waals surface area contributed by atoms with Crippen molar-refractivity contribution in [2.75, 3.05) is 0 Å². The molecule has 76 valence electrons. The Balaban J connectivity index is 2.94. The van der Waals surface area contributed by atoms with Gasteiger partial charge in [-0.1, -0.05) is 13.8 Å². The second-order valence-corrected chi connectivity index (χ2v) is 3.52. The highest BCUT2D eigenvalue weighted by atomic mass is 16.3. The monoisotopic (exact) mass is 193 g/mol. The quantitative estimate of drug-likeness (QED) is 0.565. The van der Waals surface area contributed by atoms with Crippen molar-refractivity contribution in [3.63, 3.8) is 0 Å². The predicted octanol–water partition coefficient (Wildman–Crippen LogP) is 1.60. The molecule has 0 saturated heterocycles. The number of aliphatic imine (C=N–C) groups is 1. The van der Waals surface area contributed by atoms with Gasteiger partial charge in [-0.15, -0.1) is 0 Å². The highest BCUT2D eigenvalue weighted by Crippen LogP contribution is 2.23. The summed E-state index contributed by atoms with van der Waals surface area (Å²) in [4.78, 5) is 7.94. The first-order valence-electron chi connectivity index (χ1n) is 4.56. The van der Waals surface area contributed by atoms with Crippen LogP contribution in [-0.4, -0.2) is 16.4 Å². The highest BCUT2D eigenvalue weighted by molar-refractivity contribution is 5.60. The molecule has 1 rings (SSSR count). The molecule has 1 aromatic heterocycles. The number of hydrogen-bond acceptors (Lipinski definition) is 3. The van der Waals surface area contributed by atoms with Crippen LogP contribution >= 0.6 is 0 Å². The zero-order valence-electron chi connectivity index (χ0n) is 8.44. The Morgan fingerprint density at radius 2 is 2.29 bits per heavy atom. The molecular formula is C10H15N3O. The lowest BCUT2D eigenvalue weighted by Crippen LogP contribution is -1.97. The molecule has 4 nitrogen and oxygen atoms in total. The molecule has 0 aliphatic carbocycles. The van der Waals surface area contributed by atoms with Crippen LogP contribution in [0.3, 0.4) is 0 Å². The Hall–Kier alpha value is -1.58. The van der Waals surface area contributed by atoms with Gasteiger partial charge in [0.15, 0.2) is 11.6 Å². The number of aromatic hydroxyl groups is 1. The number of pyridine rings is 1. The summed E-state index contributed by atoms with van der Waals surface area (Å²) in [6, 6.07) is 3.39. The average Bonchev–Trinajstić information content (AvgIpc) is 2.10. The maximum absolute atomic E-state index is 9.37. The molecule has 0 aliphatic heterocycles. The molecule has 0 aromatic carbocycles. The zero-order chi connectivity index (χ0) is 10.6. The van der Waals surface area contributed by atoms with E-state index in [-0.39, 0.29) is 11.6 Å². The number of rotatable bonds is 3. The van der Waals surface area contributed by atoms with Gasteiger partial charge in [0.2, 0.25) is 0 Å². The Morgan fingerprint density at radius 3 is 2.86 bits per heavy atom. The number of aromatic nitrogens is 1. The molecule has 1 heterocycles. The summed E-state index contributed by atoms with van der Waals surface area (Å²) in [6.07, 6.45) is 1.99. The van der Waals surface area contributed by atoms with Crippen LogP contribution in [0, 0.1) is 5.92 Å². The fourth-order valence-corrected chi connectivity index (χ4v) is 1.18. The number of nitrogens with two attached hydrogens (primary N) is 1. The van der Waals surface area contributed by atoms with Gasteiger partial charge in [0, 0.05) is 5.69 Å². The van der Waals surface area contributed by atoms with E-state index >= 15 is 0 Å². The van der Waals surface area contributed by atoms with Crippen molar-refractivity contribution in [3.05, 3.63) is 17.8 Å². The fourth-order valence-electron chi connectivity index (χ4n) is 1.18. The van der Waals surface area contributed by atoms with E-state index in [1.54, 1.807) is 12.1 Å². The number of nitrogens with zero attached hydrogens (tertiary/aromatic N) is 2. The van der Waals surface area contributed by atoms with Crippen molar-refractivity contribution in [3.8, 4) is 5.75 Å². The van der Waals surface area contributed by atoms with E-state index in [1.165, 1.54) is 0 Å². The minimum Gasteiger partial charge on any atom is -0.504 e. The lowest BCUT2D eigenvalue weighted by Gasteiger charge is -2.05. The molecule has 4 heteroatoms. The second-order valence-electron chi connectivity index (χ2n) is 3.52. The lowest BCUT2D eigenvalue weighted by molar-refractivity contribution is 0.473. The predicted molar refractivity (Wildman–Crippen MR) is 56.8 cm³/mol. The van der Waals surface area contributed by atoms with Crippen LogP contribution in [-0.2, 0) is 6.42 Å². The minimum atomic E-state index is 0.0548. The standard InChI is InChI=1S/C10H15N3O/c1-7(2)5-8-3-4-9(14)10(13-8)12-6-11/h3-4,6-7,14H,5H2,1-2H3,(H2,11,12,13). The lowest BCUT2D eigenvalue weighted by atomic mass is 10.1. The smallest absolute Gasteiger partial charge is 0.196 e. The van der Waals surface area contributed by atoms with Gasteiger partial charge in [-0.3, -0.25) is 0 Å². The van der Waals surface area contributed by atoms with Crippen molar-refractivity contribution < 1.29 is 5.11 Å². The molecule has 14 heavy (non-hydrogen) atoms. The molecule has 0 amide bonds. The van der Waals surface area contributed by atoms with Crippen LogP contribution in [0.15, 0.2) is 17.1 Å². The highest BCUT2D eigenvalue weighted by Gasteiger charge is 2.04. The summed E-state index contributed by atoms with van der Waals surface area (Å²) in [5.74, 6) is 0.867. The van der Waals surface area contributed by atoms with Crippen LogP contribution in [0.1, 0.15) is 19.5 Å². The van der Waals surface area contributed by atoms with Gasteiger partial charge in [-0.2, -0.15) is 0 Å². The van der Waals surface area contributed by atoms with Crippen LogP contribution in [0.4, 0.5) is 5.82 Å². The third-order valence-corrected chi connectivity index (χ3v) is 1.73. The molecule has 0 bridgehead atoms. The summed E-state index contributed by atoms with van der Waals surface area (Å²) in [7, 11) is 0. The van der Waals surface area contributed by atoms with Crippen molar-refractivity contribution in [1.29, 1.82) is 0 Å². The maximum Gasteiger partial charge on any atom is 0.196 e. The van der Waals surface area contributed by atoms with E-state index in [2.05, 4.69) is 23.8 Å². The number of hydrogen-bond donors (Lipinski definition) is 2. The first-order valence-corrected chi connectivity index (χ1v) is 4.56. The molecule has 1 aromatic rings. The summed E-state index contributed by atoms with van der Waals surface area (Å²) in [5.41, 5.74) is 6.05. The Bertz CT molecular complexity index is 334. The normalized spacial score (nSPS) is 11.4. The van der Waals surface area contributed by atoms with Crippen LogP contribution < -0.4 is 5.73 Å². The van der Waals surface area contributed by atoms with E-state index < -0.39 is 0 Å². The molecule has 0 fully saturated rings. The van der Waals surface area contributed by atoms with E-state index in [0.717, 1.165) is 18.5 Å². The van der Waals surface area contributed by atoms with Crippen LogP contribution in [0.2, 0.25) is 0 Å². The fraction of sp³-hybridized carbons (Fsp3) is 0.400. The minimum absolute atomic E-state index is 0.0548. The van der Waals surface area contributed by atoms with Gasteiger partial charge in [0.25, 0.3) is 0 Å². The summed E-state index contributed by atoms with van der Waals surface area (Å²) < 4.78 is 0. The van der Waals surface area contributed by atoms with Gasteiger partial charge in [0.1, 0.15) is 0 Å². The Labute approximate surface area is 83.5 Å².